The van der Waals surface area contributed by atoms with E-state index in [1.165, 1.54) is 6.07 Å². The molecular weight excluding hydrogens is 283 g/mol. The molecule has 1 unspecified atom stereocenters. The number of nitrogens with one attached hydrogen (secondary N) is 1. The van der Waals surface area contributed by atoms with E-state index < -0.39 is 5.60 Å². The molecule has 0 bridgehead atoms. The summed E-state index contributed by atoms with van der Waals surface area (Å²) in [5, 5.41) is 3.27. The number of amides is 1. The molecule has 22 heavy (non-hydrogen) atoms. The first kappa shape index (κ1) is 16.7. The summed E-state index contributed by atoms with van der Waals surface area (Å²) >= 11 is 0. The largest absolute Gasteiger partial charge is 0.444 e. The van der Waals surface area contributed by atoms with Crippen LogP contribution < -0.4 is 5.32 Å². The molecule has 1 aliphatic rings. The quantitative estimate of drug-likeness (QED) is 0.929. The van der Waals surface area contributed by atoms with Crippen LogP contribution in [-0.4, -0.2) is 36.2 Å². The van der Waals surface area contributed by atoms with Crippen molar-refractivity contribution in [3.8, 4) is 0 Å². The molecular formula is C17H25FN2O2. The van der Waals surface area contributed by atoms with Gasteiger partial charge in [-0.05, 0) is 39.2 Å². The van der Waals surface area contributed by atoms with Crippen LogP contribution >= 0.6 is 0 Å². The van der Waals surface area contributed by atoms with Gasteiger partial charge in [0.1, 0.15) is 11.4 Å². The second kappa shape index (κ2) is 7.09. The lowest BCUT2D eigenvalue weighted by Gasteiger charge is -2.24. The molecule has 2 rings (SSSR count). The third-order valence-corrected chi connectivity index (χ3v) is 3.64. The van der Waals surface area contributed by atoms with E-state index in [1.54, 1.807) is 17.0 Å². The number of benzene rings is 1. The molecule has 1 heterocycles. The van der Waals surface area contributed by atoms with Crippen LogP contribution in [0.4, 0.5) is 9.18 Å². The Morgan fingerprint density at radius 3 is 2.82 bits per heavy atom. The summed E-state index contributed by atoms with van der Waals surface area (Å²) in [6.45, 7) is 8.31. The smallest absolute Gasteiger partial charge is 0.410 e. The minimum atomic E-state index is -0.460. The van der Waals surface area contributed by atoms with E-state index in [-0.39, 0.29) is 11.9 Å². The summed E-state index contributed by atoms with van der Waals surface area (Å²) < 4.78 is 18.9. The minimum Gasteiger partial charge on any atom is -0.444 e. The number of carbonyl (C=O) groups is 1. The number of carbonyl (C=O) groups excluding carboxylic acids is 1. The second-order valence-corrected chi connectivity index (χ2v) is 6.80. The van der Waals surface area contributed by atoms with Crippen molar-refractivity contribution < 1.29 is 13.9 Å². The van der Waals surface area contributed by atoms with E-state index in [0.29, 0.717) is 24.6 Å². The Kier molecular flexibility index (Phi) is 5.40. The van der Waals surface area contributed by atoms with Gasteiger partial charge >= 0.3 is 6.09 Å². The first-order chi connectivity index (χ1) is 10.3. The van der Waals surface area contributed by atoms with Crippen LogP contribution in [0.3, 0.4) is 0 Å². The topological polar surface area (TPSA) is 41.6 Å². The molecule has 5 heteroatoms. The minimum absolute atomic E-state index is 0.184. The molecule has 1 aromatic carbocycles. The lowest BCUT2D eigenvalue weighted by atomic mass is 10.1. The highest BCUT2D eigenvalue weighted by atomic mass is 19.1. The molecule has 0 aliphatic carbocycles. The predicted octanol–water partition coefficient (Wildman–Crippen LogP) is 3.17. The Labute approximate surface area is 131 Å². The summed E-state index contributed by atoms with van der Waals surface area (Å²) in [6, 6.07) is 6.77. The number of rotatable bonds is 4. The van der Waals surface area contributed by atoms with Crippen molar-refractivity contribution in [3.05, 3.63) is 35.6 Å². The molecule has 0 radical (unpaired) electrons. The van der Waals surface area contributed by atoms with Crippen LogP contribution in [0.25, 0.3) is 0 Å². The zero-order chi connectivity index (χ0) is 16.2. The summed E-state index contributed by atoms with van der Waals surface area (Å²) in [6.07, 6.45) is 0.702. The highest BCUT2D eigenvalue weighted by molar-refractivity contribution is 5.68. The van der Waals surface area contributed by atoms with Gasteiger partial charge in [-0.3, -0.25) is 0 Å². The maximum atomic E-state index is 13.5. The first-order valence-electron chi connectivity index (χ1n) is 7.77. The lowest BCUT2D eigenvalue weighted by Crippen LogP contribution is -2.36. The van der Waals surface area contributed by atoms with Gasteiger partial charge in [0.15, 0.2) is 0 Å². The number of hydrogen-bond donors (Lipinski definition) is 1. The predicted molar refractivity (Wildman–Crippen MR) is 84.0 cm³/mol. The van der Waals surface area contributed by atoms with Gasteiger partial charge in [0.2, 0.25) is 0 Å². The van der Waals surface area contributed by atoms with E-state index in [2.05, 4.69) is 5.32 Å². The van der Waals surface area contributed by atoms with Gasteiger partial charge in [-0.1, -0.05) is 18.2 Å². The van der Waals surface area contributed by atoms with Gasteiger partial charge in [-0.15, -0.1) is 0 Å². The fraction of sp³-hybridized carbons (Fsp3) is 0.588. The lowest BCUT2D eigenvalue weighted by molar-refractivity contribution is 0.0288. The summed E-state index contributed by atoms with van der Waals surface area (Å²) in [5.74, 6) is 0.205. The summed E-state index contributed by atoms with van der Waals surface area (Å²) in [4.78, 5) is 13.7. The van der Waals surface area contributed by atoms with Crippen LogP contribution in [0.15, 0.2) is 24.3 Å². The molecule has 1 fully saturated rings. The number of halogens is 1. The number of likely N-dealkylation sites (tertiary alicyclic amines) is 1. The number of ether oxygens (including phenoxy) is 1. The fourth-order valence-corrected chi connectivity index (χ4v) is 2.54. The Morgan fingerprint density at radius 2 is 2.14 bits per heavy atom. The second-order valence-electron chi connectivity index (χ2n) is 6.80. The molecule has 0 saturated carbocycles. The molecule has 122 valence electrons. The van der Waals surface area contributed by atoms with Gasteiger partial charge in [-0.2, -0.15) is 0 Å². The first-order valence-corrected chi connectivity index (χ1v) is 7.77. The van der Waals surface area contributed by atoms with E-state index >= 15 is 0 Å². The molecule has 1 saturated heterocycles. The third kappa shape index (κ3) is 4.98. The van der Waals surface area contributed by atoms with Crippen molar-refractivity contribution >= 4 is 6.09 Å². The standard InChI is InChI=1S/C17H25FN2O2/c1-17(2,3)22-16(21)20-9-8-13(12-20)10-19-11-14-6-4-5-7-15(14)18/h4-7,13,19H,8-12H2,1-3H3. The van der Waals surface area contributed by atoms with E-state index in [0.717, 1.165) is 19.5 Å². The van der Waals surface area contributed by atoms with Crippen molar-refractivity contribution in [2.75, 3.05) is 19.6 Å². The Balaban J connectivity index is 1.73. The van der Waals surface area contributed by atoms with Crippen LogP contribution in [0.1, 0.15) is 32.8 Å². The Hall–Kier alpha value is -1.62. The summed E-state index contributed by atoms with van der Waals surface area (Å²) in [7, 11) is 0. The molecule has 0 aromatic heterocycles. The average Bonchev–Trinajstić information content (AvgIpc) is 2.88. The number of hydrogen-bond acceptors (Lipinski definition) is 3. The van der Waals surface area contributed by atoms with Gasteiger partial charge in [0.25, 0.3) is 0 Å². The van der Waals surface area contributed by atoms with E-state index in [9.17, 15) is 9.18 Å². The van der Waals surface area contributed by atoms with Crippen LogP contribution in [0, 0.1) is 11.7 Å². The molecule has 4 nitrogen and oxygen atoms in total. The van der Waals surface area contributed by atoms with Crippen molar-refractivity contribution in [1.29, 1.82) is 0 Å². The van der Waals surface area contributed by atoms with E-state index in [1.807, 2.05) is 26.8 Å². The SMILES string of the molecule is CC(C)(C)OC(=O)N1CCC(CNCc2ccccc2F)C1. The molecule has 1 aromatic rings. The van der Waals surface area contributed by atoms with Crippen molar-refractivity contribution in [2.45, 2.75) is 39.3 Å². The molecule has 0 spiro atoms. The van der Waals surface area contributed by atoms with Crippen molar-refractivity contribution in [1.82, 2.24) is 10.2 Å². The average molecular weight is 308 g/mol. The summed E-state index contributed by atoms with van der Waals surface area (Å²) in [5.41, 5.74) is 0.211. The van der Waals surface area contributed by atoms with Crippen LogP contribution in [0.5, 0.6) is 0 Å². The number of nitrogens with zero attached hydrogens (tertiary/aromatic N) is 1. The molecule has 1 amide bonds. The zero-order valence-electron chi connectivity index (χ0n) is 13.6. The fourth-order valence-electron chi connectivity index (χ4n) is 2.54. The van der Waals surface area contributed by atoms with Gasteiger partial charge in [0, 0.05) is 31.7 Å². The highest BCUT2D eigenvalue weighted by Crippen LogP contribution is 2.19. The molecule has 1 N–H and O–H groups in total. The van der Waals surface area contributed by atoms with Crippen LogP contribution in [0.2, 0.25) is 0 Å². The Bertz CT molecular complexity index is 514. The van der Waals surface area contributed by atoms with Gasteiger partial charge in [-0.25, -0.2) is 9.18 Å². The third-order valence-electron chi connectivity index (χ3n) is 3.64. The monoisotopic (exact) mass is 308 g/mol. The molecule has 1 aliphatic heterocycles. The Morgan fingerprint density at radius 1 is 1.41 bits per heavy atom. The van der Waals surface area contributed by atoms with Gasteiger partial charge in [0.05, 0.1) is 0 Å². The highest BCUT2D eigenvalue weighted by Gasteiger charge is 2.29. The molecule has 1 atom stereocenters. The maximum absolute atomic E-state index is 13.5. The van der Waals surface area contributed by atoms with Crippen molar-refractivity contribution in [3.63, 3.8) is 0 Å². The normalized spacial score (nSPS) is 18.5. The van der Waals surface area contributed by atoms with Crippen molar-refractivity contribution in [2.24, 2.45) is 5.92 Å². The maximum Gasteiger partial charge on any atom is 0.410 e. The van der Waals surface area contributed by atoms with E-state index in [4.69, 9.17) is 4.74 Å². The van der Waals surface area contributed by atoms with Gasteiger partial charge < -0.3 is 15.0 Å². The van der Waals surface area contributed by atoms with Crippen LogP contribution in [-0.2, 0) is 11.3 Å². The zero-order valence-corrected chi connectivity index (χ0v) is 13.6.